The molecule has 2 aromatic rings. The number of pyridine rings is 1. The number of ether oxygens (including phenoxy) is 1. The molecular formula is C13H16BNO2. The molecule has 0 aliphatic rings. The predicted octanol–water partition coefficient (Wildman–Crippen LogP) is 1.38. The summed E-state index contributed by atoms with van der Waals surface area (Å²) in [6.07, 6.45) is 2.16. The van der Waals surface area contributed by atoms with E-state index in [1.807, 2.05) is 30.3 Å². The molecule has 4 heteroatoms. The van der Waals surface area contributed by atoms with Gasteiger partial charge in [0.2, 0.25) is 5.88 Å². The molecule has 0 amide bonds. The third-order valence-corrected chi connectivity index (χ3v) is 2.66. The maximum atomic E-state index is 9.05. The minimum absolute atomic E-state index is 0.0602. The highest BCUT2D eigenvalue weighted by atomic mass is 16.5. The fourth-order valence-corrected chi connectivity index (χ4v) is 1.66. The molecule has 3 nitrogen and oxygen atoms in total. The highest BCUT2D eigenvalue weighted by molar-refractivity contribution is 6.45. The molecule has 0 fully saturated rings. The summed E-state index contributed by atoms with van der Waals surface area (Å²) in [6, 6.07) is 9.58. The van der Waals surface area contributed by atoms with E-state index in [-0.39, 0.29) is 7.48 Å². The number of nitrogens with zero attached hydrogens (tertiary/aromatic N) is 1. The quantitative estimate of drug-likeness (QED) is 0.622. The number of benzene rings is 1. The second-order valence-corrected chi connectivity index (χ2v) is 4.04. The first kappa shape index (κ1) is 11.9. The van der Waals surface area contributed by atoms with E-state index < -0.39 is 0 Å². The number of rotatable bonds is 5. The lowest BCUT2D eigenvalue weighted by atomic mass is 9.88. The Morgan fingerprint density at radius 1 is 1.29 bits per heavy atom. The van der Waals surface area contributed by atoms with E-state index in [0.717, 1.165) is 29.2 Å². The molecule has 17 heavy (non-hydrogen) atoms. The highest BCUT2D eigenvalue weighted by Gasteiger charge is 2.01. The van der Waals surface area contributed by atoms with E-state index in [1.165, 1.54) is 0 Å². The van der Waals surface area contributed by atoms with E-state index in [2.05, 4.69) is 11.9 Å². The molecule has 0 saturated carbocycles. The monoisotopic (exact) mass is 229 g/mol. The van der Waals surface area contributed by atoms with Gasteiger partial charge < -0.3 is 9.76 Å². The molecule has 0 radical (unpaired) electrons. The number of fused-ring (bicyclic) bond motifs is 1. The van der Waals surface area contributed by atoms with Gasteiger partial charge in [0.05, 0.1) is 12.1 Å². The number of aromatic nitrogens is 1. The Labute approximate surface area is 102 Å². The van der Waals surface area contributed by atoms with Crippen LogP contribution in [0.5, 0.6) is 5.88 Å². The lowest BCUT2D eigenvalue weighted by Gasteiger charge is -2.06. The van der Waals surface area contributed by atoms with Crippen molar-refractivity contribution in [3.05, 3.63) is 30.3 Å². The van der Waals surface area contributed by atoms with Crippen LogP contribution in [0.25, 0.3) is 10.9 Å². The van der Waals surface area contributed by atoms with E-state index in [1.54, 1.807) is 0 Å². The third kappa shape index (κ3) is 2.97. The van der Waals surface area contributed by atoms with Gasteiger partial charge in [-0.1, -0.05) is 30.9 Å². The minimum atomic E-state index is 0.0602. The van der Waals surface area contributed by atoms with Crippen molar-refractivity contribution in [3.63, 3.8) is 0 Å². The molecule has 0 saturated heterocycles. The smallest absolute Gasteiger partial charge is 0.304 e. The summed E-state index contributed by atoms with van der Waals surface area (Å²) in [7, 11) is 0.0602. The van der Waals surface area contributed by atoms with Crippen molar-refractivity contribution in [3.8, 4) is 5.88 Å². The largest absolute Gasteiger partial charge is 0.478 e. The average molecular weight is 229 g/mol. The molecule has 0 aliphatic carbocycles. The van der Waals surface area contributed by atoms with Gasteiger partial charge in [0.25, 0.3) is 0 Å². The van der Waals surface area contributed by atoms with Crippen LogP contribution in [-0.2, 0) is 0 Å². The molecule has 1 aromatic carbocycles. The summed E-state index contributed by atoms with van der Waals surface area (Å²) in [4.78, 5) is 4.42. The summed E-state index contributed by atoms with van der Waals surface area (Å²) < 4.78 is 5.55. The SMILES string of the molecule is CCCCOc1ccc2cc(BO)ccc2n1. The molecule has 88 valence electrons. The fourth-order valence-electron chi connectivity index (χ4n) is 1.66. The molecule has 2 rings (SSSR count). The van der Waals surface area contributed by atoms with Crippen LogP contribution >= 0.6 is 0 Å². The lowest BCUT2D eigenvalue weighted by Crippen LogP contribution is -2.12. The first-order valence-electron chi connectivity index (χ1n) is 5.97. The Morgan fingerprint density at radius 2 is 2.18 bits per heavy atom. The van der Waals surface area contributed by atoms with Gasteiger partial charge in [-0.05, 0) is 23.9 Å². The zero-order chi connectivity index (χ0) is 12.1. The van der Waals surface area contributed by atoms with Crippen LogP contribution in [0.2, 0.25) is 0 Å². The second kappa shape index (κ2) is 5.68. The van der Waals surface area contributed by atoms with Crippen LogP contribution in [0.4, 0.5) is 0 Å². The summed E-state index contributed by atoms with van der Waals surface area (Å²) in [5.74, 6) is 0.669. The van der Waals surface area contributed by atoms with E-state index in [0.29, 0.717) is 12.5 Å². The second-order valence-electron chi connectivity index (χ2n) is 4.04. The zero-order valence-electron chi connectivity index (χ0n) is 10.0. The standard InChI is InChI=1S/C13H16BNO2/c1-2-3-8-17-13-7-4-10-9-11(14-16)5-6-12(10)15-13/h4-7,9,14,16H,2-3,8H2,1H3. The fraction of sp³-hybridized carbons (Fsp3) is 0.308. The van der Waals surface area contributed by atoms with E-state index in [4.69, 9.17) is 9.76 Å². The van der Waals surface area contributed by atoms with Crippen molar-refractivity contribution in [2.45, 2.75) is 19.8 Å². The van der Waals surface area contributed by atoms with E-state index in [9.17, 15) is 0 Å². The van der Waals surface area contributed by atoms with Crippen molar-refractivity contribution >= 4 is 23.8 Å². The van der Waals surface area contributed by atoms with Gasteiger partial charge in [-0.15, -0.1) is 0 Å². The van der Waals surface area contributed by atoms with Crippen molar-refractivity contribution < 1.29 is 9.76 Å². The van der Waals surface area contributed by atoms with Crippen molar-refractivity contribution in [2.24, 2.45) is 0 Å². The highest BCUT2D eigenvalue weighted by Crippen LogP contribution is 2.15. The Morgan fingerprint density at radius 3 is 2.94 bits per heavy atom. The summed E-state index contributed by atoms with van der Waals surface area (Å²) in [6.45, 7) is 2.84. The van der Waals surface area contributed by atoms with E-state index >= 15 is 0 Å². The predicted molar refractivity (Wildman–Crippen MR) is 71.1 cm³/mol. The van der Waals surface area contributed by atoms with Crippen LogP contribution in [-0.4, -0.2) is 24.1 Å². The Balaban J connectivity index is 2.19. The van der Waals surface area contributed by atoms with Crippen molar-refractivity contribution in [1.82, 2.24) is 4.98 Å². The zero-order valence-corrected chi connectivity index (χ0v) is 10.0. The van der Waals surface area contributed by atoms with Crippen LogP contribution in [0.1, 0.15) is 19.8 Å². The van der Waals surface area contributed by atoms with Gasteiger partial charge in [-0.3, -0.25) is 0 Å². The van der Waals surface area contributed by atoms with Crippen LogP contribution < -0.4 is 10.2 Å². The number of hydrogen-bond donors (Lipinski definition) is 1. The molecule has 0 bridgehead atoms. The van der Waals surface area contributed by atoms with Gasteiger partial charge >= 0.3 is 7.48 Å². The Bertz CT molecular complexity index is 502. The van der Waals surface area contributed by atoms with Crippen LogP contribution in [0, 0.1) is 0 Å². The number of hydrogen-bond acceptors (Lipinski definition) is 3. The van der Waals surface area contributed by atoms with Gasteiger partial charge in [0, 0.05) is 6.07 Å². The summed E-state index contributed by atoms with van der Waals surface area (Å²) >= 11 is 0. The molecule has 1 aromatic heterocycles. The Hall–Kier alpha value is -1.55. The maximum Gasteiger partial charge on any atom is 0.304 e. The Kier molecular flexibility index (Phi) is 3.99. The summed E-state index contributed by atoms with van der Waals surface area (Å²) in [5, 5.41) is 10.1. The van der Waals surface area contributed by atoms with Gasteiger partial charge in [0.1, 0.15) is 0 Å². The maximum absolute atomic E-state index is 9.05. The average Bonchev–Trinajstić information content (AvgIpc) is 2.38. The molecule has 1 N–H and O–H groups in total. The molecule has 0 aliphatic heterocycles. The van der Waals surface area contributed by atoms with Crippen LogP contribution in [0.3, 0.4) is 0 Å². The first-order valence-corrected chi connectivity index (χ1v) is 5.97. The molecule has 0 unspecified atom stereocenters. The topological polar surface area (TPSA) is 42.4 Å². The van der Waals surface area contributed by atoms with Gasteiger partial charge in [-0.25, -0.2) is 4.98 Å². The minimum Gasteiger partial charge on any atom is -0.478 e. The third-order valence-electron chi connectivity index (χ3n) is 2.66. The molecule has 0 atom stereocenters. The van der Waals surface area contributed by atoms with Crippen molar-refractivity contribution in [2.75, 3.05) is 6.61 Å². The molecular weight excluding hydrogens is 213 g/mol. The molecule has 0 spiro atoms. The number of unbranched alkanes of at least 4 members (excludes halogenated alkanes) is 1. The van der Waals surface area contributed by atoms with Crippen LogP contribution in [0.15, 0.2) is 30.3 Å². The first-order chi connectivity index (χ1) is 8.33. The van der Waals surface area contributed by atoms with Gasteiger partial charge in [0.15, 0.2) is 0 Å². The summed E-state index contributed by atoms with van der Waals surface area (Å²) in [5.41, 5.74) is 1.80. The normalized spacial score (nSPS) is 10.5. The van der Waals surface area contributed by atoms with Crippen molar-refractivity contribution in [1.29, 1.82) is 0 Å². The lowest BCUT2D eigenvalue weighted by molar-refractivity contribution is 0.299. The molecule has 1 heterocycles. The van der Waals surface area contributed by atoms with Gasteiger partial charge in [-0.2, -0.15) is 0 Å².